The maximum absolute atomic E-state index is 12.3. The van der Waals surface area contributed by atoms with E-state index in [9.17, 15) is 9.59 Å². The number of piperazine rings is 1. The van der Waals surface area contributed by atoms with Crippen LogP contribution in [0.2, 0.25) is 0 Å². The Morgan fingerprint density at radius 3 is 2.04 bits per heavy atom. The molecule has 7 heteroatoms. The van der Waals surface area contributed by atoms with Crippen molar-refractivity contribution in [1.82, 2.24) is 4.90 Å². The molecule has 0 radical (unpaired) electrons. The molecule has 0 atom stereocenters. The first-order valence-corrected chi connectivity index (χ1v) is 8.72. The Hall–Kier alpha value is -1.86. The van der Waals surface area contributed by atoms with Crippen molar-refractivity contribution in [2.45, 2.75) is 45.8 Å². The maximum atomic E-state index is 12.3. The van der Waals surface area contributed by atoms with Gasteiger partial charge in [-0.3, -0.25) is 9.59 Å². The largest absolute Gasteiger partial charge is 0.494 e. The maximum Gasteiger partial charge on any atom is 0.494 e. The molecule has 6 nitrogen and oxygen atoms in total. The van der Waals surface area contributed by atoms with Gasteiger partial charge in [-0.1, -0.05) is 12.1 Å². The second kappa shape index (κ2) is 6.14. The molecule has 0 aliphatic carbocycles. The topological polar surface area (TPSA) is 59.1 Å². The highest BCUT2D eigenvalue weighted by atomic mass is 16.7. The van der Waals surface area contributed by atoms with Gasteiger partial charge in [0.25, 0.3) is 0 Å². The number of benzene rings is 1. The van der Waals surface area contributed by atoms with Gasteiger partial charge in [-0.25, -0.2) is 0 Å². The standard InChI is InChI=1S/C18H25BN2O4/c1-6-20-11-12-21(16(23)15(20)22)14-9-7-13(8-10-14)19-24-17(2,3)18(4,5)25-19/h7-10H,6,11-12H2,1-5H3. The van der Waals surface area contributed by atoms with Crippen molar-refractivity contribution in [3.05, 3.63) is 24.3 Å². The summed E-state index contributed by atoms with van der Waals surface area (Å²) in [6, 6.07) is 7.46. The molecule has 0 spiro atoms. The van der Waals surface area contributed by atoms with E-state index in [2.05, 4.69) is 0 Å². The van der Waals surface area contributed by atoms with Crippen LogP contribution in [0.4, 0.5) is 5.69 Å². The fourth-order valence-electron chi connectivity index (χ4n) is 3.01. The zero-order valence-electron chi connectivity index (χ0n) is 15.5. The van der Waals surface area contributed by atoms with Gasteiger partial charge in [0.05, 0.1) is 11.2 Å². The third-order valence-corrected chi connectivity index (χ3v) is 5.42. The number of carbonyl (C=O) groups excluding carboxylic acids is 2. The summed E-state index contributed by atoms with van der Waals surface area (Å²) in [5, 5.41) is 0. The second-order valence-electron chi connectivity index (χ2n) is 7.52. The predicted molar refractivity (Wildman–Crippen MR) is 96.8 cm³/mol. The zero-order valence-corrected chi connectivity index (χ0v) is 15.5. The van der Waals surface area contributed by atoms with Crippen molar-refractivity contribution in [2.24, 2.45) is 0 Å². The molecule has 0 saturated carbocycles. The lowest BCUT2D eigenvalue weighted by Gasteiger charge is -2.33. The van der Waals surface area contributed by atoms with Gasteiger partial charge in [0, 0.05) is 25.3 Å². The van der Waals surface area contributed by atoms with Crippen molar-refractivity contribution >= 4 is 30.1 Å². The number of hydrogen-bond acceptors (Lipinski definition) is 4. The first kappa shape index (κ1) is 18.0. The summed E-state index contributed by atoms with van der Waals surface area (Å²) in [5.41, 5.74) is 0.826. The van der Waals surface area contributed by atoms with Gasteiger partial charge in [-0.2, -0.15) is 0 Å². The number of rotatable bonds is 3. The van der Waals surface area contributed by atoms with Gasteiger partial charge in [0.2, 0.25) is 0 Å². The molecule has 3 rings (SSSR count). The minimum atomic E-state index is -0.475. The highest BCUT2D eigenvalue weighted by Crippen LogP contribution is 2.36. The Morgan fingerprint density at radius 2 is 1.52 bits per heavy atom. The third-order valence-electron chi connectivity index (χ3n) is 5.42. The van der Waals surface area contributed by atoms with E-state index in [1.807, 2.05) is 58.9 Å². The van der Waals surface area contributed by atoms with E-state index in [0.29, 0.717) is 19.6 Å². The predicted octanol–water partition coefficient (Wildman–Crippen LogP) is 1.18. The van der Waals surface area contributed by atoms with Crippen LogP contribution in [0.15, 0.2) is 24.3 Å². The van der Waals surface area contributed by atoms with E-state index in [-0.39, 0.29) is 0 Å². The van der Waals surface area contributed by atoms with Crippen molar-refractivity contribution in [3.8, 4) is 0 Å². The molecule has 134 valence electrons. The number of nitrogens with zero attached hydrogens (tertiary/aromatic N) is 2. The minimum Gasteiger partial charge on any atom is -0.399 e. The monoisotopic (exact) mass is 344 g/mol. The molecule has 1 aromatic carbocycles. The van der Waals surface area contributed by atoms with Crippen molar-refractivity contribution in [3.63, 3.8) is 0 Å². The van der Waals surface area contributed by atoms with Crippen LogP contribution >= 0.6 is 0 Å². The smallest absolute Gasteiger partial charge is 0.399 e. The molecule has 0 bridgehead atoms. The SMILES string of the molecule is CCN1CCN(c2ccc(B3OC(C)(C)C(C)(C)O3)cc2)C(=O)C1=O. The number of anilines is 1. The first-order valence-electron chi connectivity index (χ1n) is 8.72. The van der Waals surface area contributed by atoms with Gasteiger partial charge in [-0.15, -0.1) is 0 Å². The molecule has 1 aromatic rings. The molecule has 2 aliphatic heterocycles. The van der Waals surface area contributed by atoms with E-state index >= 15 is 0 Å². The van der Waals surface area contributed by atoms with Gasteiger partial charge in [0.1, 0.15) is 0 Å². The van der Waals surface area contributed by atoms with Gasteiger partial charge < -0.3 is 19.1 Å². The van der Waals surface area contributed by atoms with E-state index in [1.165, 1.54) is 4.90 Å². The van der Waals surface area contributed by atoms with Crippen LogP contribution in [0.5, 0.6) is 0 Å². The summed E-state index contributed by atoms with van der Waals surface area (Å²) in [4.78, 5) is 27.4. The summed E-state index contributed by atoms with van der Waals surface area (Å²) in [6.07, 6.45) is 0. The molecule has 2 amide bonds. The second-order valence-corrected chi connectivity index (χ2v) is 7.52. The average Bonchev–Trinajstić information content (AvgIpc) is 2.78. The van der Waals surface area contributed by atoms with Crippen LogP contribution < -0.4 is 10.4 Å². The lowest BCUT2D eigenvalue weighted by Crippen LogP contribution is -2.54. The number of hydrogen-bond donors (Lipinski definition) is 0. The van der Waals surface area contributed by atoms with Crippen LogP contribution in [0.3, 0.4) is 0 Å². The summed E-state index contributed by atoms with van der Waals surface area (Å²) >= 11 is 0. The molecule has 0 N–H and O–H groups in total. The Kier molecular flexibility index (Phi) is 4.41. The molecule has 2 fully saturated rings. The molecule has 2 heterocycles. The molecule has 0 aromatic heterocycles. The summed E-state index contributed by atoms with van der Waals surface area (Å²) in [5.74, 6) is -0.916. The van der Waals surface area contributed by atoms with Crippen molar-refractivity contribution in [2.75, 3.05) is 24.5 Å². The van der Waals surface area contributed by atoms with Gasteiger partial charge in [-0.05, 0) is 52.2 Å². The summed E-state index contributed by atoms with van der Waals surface area (Å²) in [7, 11) is -0.437. The van der Waals surface area contributed by atoms with Gasteiger partial charge >= 0.3 is 18.9 Å². The highest BCUT2D eigenvalue weighted by Gasteiger charge is 2.51. The molecule has 2 aliphatic rings. The summed E-state index contributed by atoms with van der Waals surface area (Å²) < 4.78 is 12.1. The molecule has 0 unspecified atom stereocenters. The van der Waals surface area contributed by atoms with E-state index in [1.54, 1.807) is 4.90 Å². The van der Waals surface area contributed by atoms with Crippen LogP contribution in [0.1, 0.15) is 34.6 Å². The van der Waals surface area contributed by atoms with Crippen LogP contribution in [0, 0.1) is 0 Å². The molecule has 2 saturated heterocycles. The summed E-state index contributed by atoms with van der Waals surface area (Å²) in [6.45, 7) is 11.5. The van der Waals surface area contributed by atoms with Crippen molar-refractivity contribution in [1.29, 1.82) is 0 Å². The minimum absolute atomic E-state index is 0.394. The lowest BCUT2D eigenvalue weighted by molar-refractivity contribution is -0.146. The average molecular weight is 344 g/mol. The quantitative estimate of drug-likeness (QED) is 0.610. The van der Waals surface area contributed by atoms with E-state index in [0.717, 1.165) is 11.2 Å². The molecular weight excluding hydrogens is 319 g/mol. The number of carbonyl (C=O) groups is 2. The van der Waals surface area contributed by atoms with Crippen LogP contribution in [-0.4, -0.2) is 54.7 Å². The lowest BCUT2D eigenvalue weighted by atomic mass is 9.79. The Balaban J connectivity index is 1.76. The fourth-order valence-corrected chi connectivity index (χ4v) is 3.01. The van der Waals surface area contributed by atoms with E-state index in [4.69, 9.17) is 9.31 Å². The van der Waals surface area contributed by atoms with E-state index < -0.39 is 30.1 Å². The Bertz CT molecular complexity index is 671. The normalized spacial score (nSPS) is 22.7. The highest BCUT2D eigenvalue weighted by molar-refractivity contribution is 6.62. The third kappa shape index (κ3) is 3.07. The molecule has 25 heavy (non-hydrogen) atoms. The van der Waals surface area contributed by atoms with Crippen LogP contribution in [0.25, 0.3) is 0 Å². The number of amides is 2. The fraction of sp³-hybridized carbons (Fsp3) is 0.556. The molecular formula is C18H25BN2O4. The first-order chi connectivity index (χ1) is 11.7. The van der Waals surface area contributed by atoms with Gasteiger partial charge in [0.15, 0.2) is 0 Å². The number of likely N-dealkylation sites (N-methyl/N-ethyl adjacent to an activating group) is 1. The Labute approximate surface area is 149 Å². The van der Waals surface area contributed by atoms with Crippen LogP contribution in [-0.2, 0) is 18.9 Å². The zero-order chi connectivity index (χ0) is 18.4. The Morgan fingerprint density at radius 1 is 0.960 bits per heavy atom. The van der Waals surface area contributed by atoms with Crippen molar-refractivity contribution < 1.29 is 18.9 Å².